The average molecular weight is 793 g/mol. The zero-order valence-electron chi connectivity index (χ0n) is 33.8. The Balaban J connectivity index is 1.78. The van der Waals surface area contributed by atoms with E-state index < -0.39 is 36.7 Å². The summed E-state index contributed by atoms with van der Waals surface area (Å²) < 4.78 is 82.6. The van der Waals surface area contributed by atoms with Gasteiger partial charge in [0.1, 0.15) is 18.3 Å². The van der Waals surface area contributed by atoms with E-state index in [9.17, 15) is 13.2 Å². The number of benzene rings is 4. The molecule has 0 spiro atoms. The van der Waals surface area contributed by atoms with E-state index in [4.69, 9.17) is 34.2 Å². The number of rotatable bonds is 24. The molecular formula is C46H59F3N2O6. The number of nitrogens with two attached hydrogens (primary N) is 1. The molecule has 0 aliphatic carbocycles. The van der Waals surface area contributed by atoms with Gasteiger partial charge in [-0.1, -0.05) is 137 Å². The molecule has 0 aliphatic rings. The molecule has 0 aromatic heterocycles. The first kappa shape index (κ1) is 45.6. The summed E-state index contributed by atoms with van der Waals surface area (Å²) in [7, 11) is 1.52. The van der Waals surface area contributed by atoms with Crippen LogP contribution in [0.5, 0.6) is 0 Å². The summed E-state index contributed by atoms with van der Waals surface area (Å²) in [6, 6.07) is 35.7. The zero-order chi connectivity index (χ0) is 41.2. The molecule has 0 radical (unpaired) electrons. The smallest absolute Gasteiger partial charge is 0.441 e. The van der Waals surface area contributed by atoms with E-state index in [-0.39, 0.29) is 42.9 Å². The van der Waals surface area contributed by atoms with Gasteiger partial charge in [-0.3, -0.25) is 0 Å². The van der Waals surface area contributed by atoms with Gasteiger partial charge in [0, 0.05) is 7.11 Å². The molecule has 0 saturated carbocycles. The number of alkyl halides is 3. The van der Waals surface area contributed by atoms with E-state index in [2.05, 4.69) is 32.7 Å². The highest BCUT2D eigenvalue weighted by Crippen LogP contribution is 2.39. The van der Waals surface area contributed by atoms with Crippen molar-refractivity contribution in [1.29, 1.82) is 0 Å². The zero-order valence-corrected chi connectivity index (χ0v) is 33.8. The quantitative estimate of drug-likeness (QED) is 0.0429. The molecule has 2 N–H and O–H groups in total. The topological polar surface area (TPSA) is 93.8 Å². The van der Waals surface area contributed by atoms with Crippen LogP contribution >= 0.6 is 0 Å². The van der Waals surface area contributed by atoms with E-state index in [1.54, 1.807) is 18.2 Å². The molecular weight excluding hydrogens is 734 g/mol. The number of hydrogen-bond donors (Lipinski definition) is 1. The van der Waals surface area contributed by atoms with Gasteiger partial charge in [-0.15, -0.1) is 0 Å². The van der Waals surface area contributed by atoms with Crippen LogP contribution in [0.3, 0.4) is 0 Å². The lowest BCUT2D eigenvalue weighted by Crippen LogP contribution is -2.52. The standard InChI is InChI=1S/C46H59F3N2O6/c1-6-44(3,33-50)32-45(4,7-2)34-53-31-39(52-5)40(54-28-35-20-12-8-13-21-35)41(55-29-36-22-14-9-15-23-36)42(56-30-37-24-16-10-17-25-37)57-43(46(47,48)49)51-38-26-18-11-19-27-38/h8-27,39-42H,6-7,28-34,50H2,1-5H3. The summed E-state index contributed by atoms with van der Waals surface area (Å²) in [5, 5.41) is 0. The van der Waals surface area contributed by atoms with E-state index in [0.717, 1.165) is 30.4 Å². The Morgan fingerprint density at radius 2 is 1.11 bits per heavy atom. The van der Waals surface area contributed by atoms with Gasteiger partial charge >= 0.3 is 6.18 Å². The van der Waals surface area contributed by atoms with Crippen molar-refractivity contribution in [2.75, 3.05) is 26.9 Å². The van der Waals surface area contributed by atoms with Gasteiger partial charge in [0.25, 0.3) is 5.90 Å². The third kappa shape index (κ3) is 15.0. The number of hydrogen-bond acceptors (Lipinski definition) is 8. The molecule has 0 aliphatic heterocycles. The third-order valence-corrected chi connectivity index (χ3v) is 10.3. The van der Waals surface area contributed by atoms with E-state index in [1.807, 2.05) is 91.0 Å². The van der Waals surface area contributed by atoms with Crippen molar-refractivity contribution in [2.45, 2.75) is 97.6 Å². The minimum absolute atomic E-state index is 0.00231. The summed E-state index contributed by atoms with van der Waals surface area (Å²) >= 11 is 0. The van der Waals surface area contributed by atoms with Gasteiger partial charge in [-0.2, -0.15) is 13.2 Å². The lowest BCUT2D eigenvalue weighted by Gasteiger charge is -2.39. The van der Waals surface area contributed by atoms with Crippen molar-refractivity contribution in [3.8, 4) is 0 Å². The first-order valence-electron chi connectivity index (χ1n) is 19.6. The van der Waals surface area contributed by atoms with Crippen LogP contribution in [0.2, 0.25) is 0 Å². The number of halogens is 3. The van der Waals surface area contributed by atoms with E-state index >= 15 is 0 Å². The molecule has 11 heteroatoms. The molecule has 57 heavy (non-hydrogen) atoms. The molecule has 0 bridgehead atoms. The molecule has 4 aromatic rings. The predicted molar refractivity (Wildman–Crippen MR) is 218 cm³/mol. The summed E-state index contributed by atoms with van der Waals surface area (Å²) in [5.41, 5.74) is 8.32. The summed E-state index contributed by atoms with van der Waals surface area (Å²) in [6.07, 6.45) is -7.26. The number of ether oxygens (including phenoxy) is 6. The Hall–Kier alpha value is -4.10. The minimum atomic E-state index is -4.99. The Kier molecular flexibility index (Phi) is 18.2. The molecule has 8 nitrogen and oxygen atoms in total. The van der Waals surface area contributed by atoms with Crippen LogP contribution in [-0.4, -0.2) is 63.5 Å². The van der Waals surface area contributed by atoms with Crippen LogP contribution in [0.4, 0.5) is 18.9 Å². The lowest BCUT2D eigenvalue weighted by atomic mass is 9.70. The van der Waals surface area contributed by atoms with Crippen molar-refractivity contribution in [2.24, 2.45) is 21.6 Å². The highest BCUT2D eigenvalue weighted by atomic mass is 19.4. The van der Waals surface area contributed by atoms with Crippen molar-refractivity contribution < 1.29 is 41.6 Å². The van der Waals surface area contributed by atoms with Crippen molar-refractivity contribution >= 4 is 11.6 Å². The highest BCUT2D eigenvalue weighted by molar-refractivity contribution is 5.84. The Labute approximate surface area is 336 Å². The van der Waals surface area contributed by atoms with Gasteiger partial charge in [-0.05, 0) is 65.5 Å². The SMILES string of the molecule is CCC(C)(CN)CC(C)(CC)COCC(OC)C(OCc1ccccc1)C(OCc1ccccc1)C(OCc1ccccc1)OC(=Nc1ccccc1)C(F)(F)F. The second kappa shape index (κ2) is 22.7. The van der Waals surface area contributed by atoms with Crippen molar-refractivity contribution in [3.63, 3.8) is 0 Å². The molecule has 6 atom stereocenters. The number of nitrogens with zero attached hydrogens (tertiary/aromatic N) is 1. The fraction of sp³-hybridized carbons (Fsp3) is 0.457. The molecule has 0 heterocycles. The number of para-hydroxylation sites is 1. The summed E-state index contributed by atoms with van der Waals surface area (Å²) in [5.74, 6) is -1.50. The third-order valence-electron chi connectivity index (χ3n) is 10.3. The van der Waals surface area contributed by atoms with Gasteiger partial charge in [0.2, 0.25) is 6.29 Å². The lowest BCUT2D eigenvalue weighted by molar-refractivity contribution is -0.245. The monoisotopic (exact) mass is 792 g/mol. The molecule has 6 unspecified atom stereocenters. The summed E-state index contributed by atoms with van der Waals surface area (Å²) in [4.78, 5) is 3.90. The number of methoxy groups -OCH3 is 1. The van der Waals surface area contributed by atoms with Crippen LogP contribution in [0, 0.1) is 10.8 Å². The molecule has 4 rings (SSSR count). The molecule has 310 valence electrons. The Morgan fingerprint density at radius 3 is 1.54 bits per heavy atom. The van der Waals surface area contributed by atoms with Crippen molar-refractivity contribution in [3.05, 3.63) is 138 Å². The van der Waals surface area contributed by atoms with Crippen LogP contribution in [0.25, 0.3) is 0 Å². The summed E-state index contributed by atoms with van der Waals surface area (Å²) in [6.45, 7) is 9.61. The predicted octanol–water partition coefficient (Wildman–Crippen LogP) is 10.2. The van der Waals surface area contributed by atoms with Crippen LogP contribution in [0.1, 0.15) is 63.6 Å². The van der Waals surface area contributed by atoms with Gasteiger partial charge in [0.15, 0.2) is 0 Å². The Morgan fingerprint density at radius 1 is 0.649 bits per heavy atom. The fourth-order valence-corrected chi connectivity index (χ4v) is 6.48. The van der Waals surface area contributed by atoms with Crippen LogP contribution in [0.15, 0.2) is 126 Å². The maximum Gasteiger partial charge on any atom is 0.468 e. The van der Waals surface area contributed by atoms with Gasteiger partial charge in [-0.25, -0.2) is 4.99 Å². The largest absolute Gasteiger partial charge is 0.468 e. The van der Waals surface area contributed by atoms with Gasteiger partial charge in [0.05, 0.1) is 38.7 Å². The number of aliphatic imine (C=N–C) groups is 1. The van der Waals surface area contributed by atoms with Crippen LogP contribution < -0.4 is 5.73 Å². The van der Waals surface area contributed by atoms with Crippen molar-refractivity contribution in [1.82, 2.24) is 0 Å². The van der Waals surface area contributed by atoms with Gasteiger partial charge < -0.3 is 34.2 Å². The second-order valence-electron chi connectivity index (χ2n) is 15.1. The maximum atomic E-state index is 14.9. The molecule has 0 saturated heterocycles. The average Bonchev–Trinajstić information content (AvgIpc) is 3.23. The molecule has 4 aromatic carbocycles. The van der Waals surface area contributed by atoms with E-state index in [1.165, 1.54) is 19.2 Å². The normalized spacial score (nSPS) is 16.5. The fourth-order valence-electron chi connectivity index (χ4n) is 6.48. The first-order valence-corrected chi connectivity index (χ1v) is 19.6. The van der Waals surface area contributed by atoms with E-state index in [0.29, 0.717) is 18.7 Å². The molecule has 0 amide bonds. The first-order chi connectivity index (χ1) is 27.4. The highest BCUT2D eigenvalue weighted by Gasteiger charge is 2.46. The molecule has 0 fully saturated rings. The van der Waals surface area contributed by atoms with Crippen LogP contribution in [-0.2, 0) is 48.2 Å². The Bertz CT molecular complexity index is 1710. The maximum absolute atomic E-state index is 14.9. The second-order valence-corrected chi connectivity index (χ2v) is 15.1. The minimum Gasteiger partial charge on any atom is -0.441 e.